The molecule has 15 heavy (non-hydrogen) atoms. The van der Waals surface area contributed by atoms with Crippen LogP contribution in [0.1, 0.15) is 19.4 Å². The molecule has 0 aliphatic carbocycles. The van der Waals surface area contributed by atoms with Gasteiger partial charge in [-0.2, -0.15) is 0 Å². The number of ether oxygens (including phenoxy) is 1. The van der Waals surface area contributed by atoms with Crippen molar-refractivity contribution in [2.24, 2.45) is 10.7 Å². The number of aliphatic imine (C=N–C) groups is 1. The number of amidine groups is 1. The Labute approximate surface area is 91.0 Å². The Morgan fingerprint density at radius 2 is 2.07 bits per heavy atom. The fraction of sp³-hybridized carbons (Fsp3) is 0.417. The van der Waals surface area contributed by atoms with Gasteiger partial charge in [0.15, 0.2) is 0 Å². The SMILES string of the molecule is CC1COC(N)=N1.CCc1ccccc1. The molecular weight excluding hydrogens is 188 g/mol. The summed E-state index contributed by atoms with van der Waals surface area (Å²) >= 11 is 0. The van der Waals surface area contributed by atoms with Gasteiger partial charge in [-0.1, -0.05) is 37.3 Å². The molecule has 0 aromatic heterocycles. The summed E-state index contributed by atoms with van der Waals surface area (Å²) in [7, 11) is 0. The van der Waals surface area contributed by atoms with Gasteiger partial charge in [-0.3, -0.25) is 0 Å². The summed E-state index contributed by atoms with van der Waals surface area (Å²) in [4.78, 5) is 3.86. The lowest BCUT2D eigenvalue weighted by Gasteiger charge is -1.89. The van der Waals surface area contributed by atoms with Crippen molar-refractivity contribution < 1.29 is 4.74 Å². The molecule has 0 fully saturated rings. The maximum Gasteiger partial charge on any atom is 0.282 e. The highest BCUT2D eigenvalue weighted by Gasteiger charge is 2.08. The number of nitrogens with two attached hydrogens (primary N) is 1. The average molecular weight is 206 g/mol. The van der Waals surface area contributed by atoms with Crippen LogP contribution in [0.15, 0.2) is 35.3 Å². The third-order valence-electron chi connectivity index (χ3n) is 2.07. The standard InChI is InChI=1S/C8H10.C4H8N2O/c1-2-8-6-4-3-5-7-8;1-3-2-7-4(5)6-3/h3-7H,2H2,1H3;3H,2H2,1H3,(H2,5,6). The van der Waals surface area contributed by atoms with Gasteiger partial charge in [0, 0.05) is 0 Å². The smallest absolute Gasteiger partial charge is 0.282 e. The summed E-state index contributed by atoms with van der Waals surface area (Å²) in [6, 6.07) is 11.0. The molecular formula is C12H18N2O. The van der Waals surface area contributed by atoms with Crippen molar-refractivity contribution in [1.82, 2.24) is 0 Å². The molecule has 3 nitrogen and oxygen atoms in total. The molecule has 2 N–H and O–H groups in total. The quantitative estimate of drug-likeness (QED) is 0.763. The maximum absolute atomic E-state index is 5.15. The van der Waals surface area contributed by atoms with Crippen LogP contribution in [0.3, 0.4) is 0 Å². The van der Waals surface area contributed by atoms with Crippen LogP contribution in [-0.4, -0.2) is 18.7 Å². The van der Waals surface area contributed by atoms with Crippen molar-refractivity contribution >= 4 is 6.02 Å². The highest BCUT2D eigenvalue weighted by atomic mass is 16.5. The van der Waals surface area contributed by atoms with Gasteiger partial charge >= 0.3 is 0 Å². The van der Waals surface area contributed by atoms with Crippen molar-refractivity contribution in [2.45, 2.75) is 26.3 Å². The summed E-state index contributed by atoms with van der Waals surface area (Å²) in [5.74, 6) is 0. The molecule has 1 unspecified atom stereocenters. The van der Waals surface area contributed by atoms with E-state index in [1.165, 1.54) is 5.56 Å². The van der Waals surface area contributed by atoms with Gasteiger partial charge in [-0.25, -0.2) is 4.99 Å². The van der Waals surface area contributed by atoms with Gasteiger partial charge in [0.2, 0.25) is 0 Å². The number of aryl methyl sites for hydroxylation is 1. The zero-order chi connectivity index (χ0) is 11.1. The molecule has 0 spiro atoms. The van der Waals surface area contributed by atoms with Crippen LogP contribution in [0.2, 0.25) is 0 Å². The molecule has 3 heteroatoms. The molecule has 0 saturated heterocycles. The number of nitrogens with zero attached hydrogens (tertiary/aromatic N) is 1. The van der Waals surface area contributed by atoms with Crippen LogP contribution in [0, 0.1) is 0 Å². The molecule has 1 aromatic rings. The molecule has 82 valence electrons. The van der Waals surface area contributed by atoms with E-state index < -0.39 is 0 Å². The average Bonchev–Trinajstić information content (AvgIpc) is 2.65. The number of rotatable bonds is 1. The number of hydrogen-bond acceptors (Lipinski definition) is 3. The molecule has 1 aliphatic heterocycles. The largest absolute Gasteiger partial charge is 0.463 e. The Balaban J connectivity index is 0.000000151. The topological polar surface area (TPSA) is 47.6 Å². The first-order chi connectivity index (χ1) is 7.22. The second kappa shape index (κ2) is 6.06. The third kappa shape index (κ3) is 4.49. The zero-order valence-corrected chi connectivity index (χ0v) is 9.31. The molecule has 1 aliphatic rings. The summed E-state index contributed by atoms with van der Waals surface area (Å²) in [5, 5.41) is 0. The molecule has 0 bridgehead atoms. The highest BCUT2D eigenvalue weighted by Crippen LogP contribution is 1.98. The van der Waals surface area contributed by atoms with E-state index in [0.717, 1.165) is 6.42 Å². The van der Waals surface area contributed by atoms with Crippen molar-refractivity contribution in [1.29, 1.82) is 0 Å². The first-order valence-electron chi connectivity index (χ1n) is 5.22. The molecule has 0 saturated carbocycles. The van der Waals surface area contributed by atoms with E-state index in [4.69, 9.17) is 10.5 Å². The minimum atomic E-state index is 0.264. The molecule has 2 rings (SSSR count). The molecule has 1 heterocycles. The van der Waals surface area contributed by atoms with Crippen LogP contribution < -0.4 is 5.73 Å². The lowest BCUT2D eigenvalue weighted by atomic mass is 10.2. The van der Waals surface area contributed by atoms with Gasteiger partial charge in [0.1, 0.15) is 6.61 Å². The van der Waals surface area contributed by atoms with Crippen molar-refractivity contribution in [3.63, 3.8) is 0 Å². The second-order valence-corrected chi connectivity index (χ2v) is 3.47. The number of benzene rings is 1. The Morgan fingerprint density at radius 1 is 1.40 bits per heavy atom. The molecule has 0 radical (unpaired) electrons. The lowest BCUT2D eigenvalue weighted by molar-refractivity contribution is 0.319. The normalized spacial score (nSPS) is 18.5. The maximum atomic E-state index is 5.15. The van der Waals surface area contributed by atoms with E-state index in [-0.39, 0.29) is 6.04 Å². The van der Waals surface area contributed by atoms with Crippen LogP contribution in [-0.2, 0) is 11.2 Å². The first-order valence-corrected chi connectivity index (χ1v) is 5.22. The predicted octanol–water partition coefficient (Wildman–Crippen LogP) is 1.97. The summed E-state index contributed by atoms with van der Waals surface area (Å²) in [6.45, 7) is 4.76. The minimum Gasteiger partial charge on any atom is -0.463 e. The second-order valence-electron chi connectivity index (χ2n) is 3.47. The van der Waals surface area contributed by atoms with Gasteiger partial charge in [-0.05, 0) is 18.9 Å². The van der Waals surface area contributed by atoms with Gasteiger partial charge in [0.25, 0.3) is 6.02 Å². The Bertz CT molecular complexity index is 309. The molecule has 0 amide bonds. The highest BCUT2D eigenvalue weighted by molar-refractivity contribution is 5.72. The monoisotopic (exact) mass is 206 g/mol. The van der Waals surface area contributed by atoms with Gasteiger partial charge in [-0.15, -0.1) is 0 Å². The van der Waals surface area contributed by atoms with Crippen molar-refractivity contribution in [2.75, 3.05) is 6.61 Å². The molecule has 1 aromatic carbocycles. The van der Waals surface area contributed by atoms with E-state index in [1.54, 1.807) is 0 Å². The zero-order valence-electron chi connectivity index (χ0n) is 9.31. The van der Waals surface area contributed by atoms with Gasteiger partial charge < -0.3 is 10.5 Å². The van der Waals surface area contributed by atoms with Crippen LogP contribution in [0.5, 0.6) is 0 Å². The van der Waals surface area contributed by atoms with Crippen molar-refractivity contribution in [3.05, 3.63) is 35.9 Å². The first kappa shape index (κ1) is 11.6. The summed E-state index contributed by atoms with van der Waals surface area (Å²) in [6.07, 6.45) is 1.14. The van der Waals surface area contributed by atoms with Crippen LogP contribution in [0.25, 0.3) is 0 Å². The van der Waals surface area contributed by atoms with E-state index >= 15 is 0 Å². The summed E-state index contributed by atoms with van der Waals surface area (Å²) < 4.78 is 4.79. The molecule has 1 atom stereocenters. The third-order valence-corrected chi connectivity index (χ3v) is 2.07. The number of hydrogen-bond donors (Lipinski definition) is 1. The Morgan fingerprint density at radius 3 is 2.33 bits per heavy atom. The van der Waals surface area contributed by atoms with E-state index in [9.17, 15) is 0 Å². The van der Waals surface area contributed by atoms with E-state index in [0.29, 0.717) is 12.6 Å². The fourth-order valence-corrected chi connectivity index (χ4v) is 1.21. The van der Waals surface area contributed by atoms with Crippen LogP contribution in [0.4, 0.5) is 0 Å². The Kier molecular flexibility index (Phi) is 4.68. The Hall–Kier alpha value is -1.51. The summed E-state index contributed by atoms with van der Waals surface area (Å²) in [5.41, 5.74) is 6.56. The van der Waals surface area contributed by atoms with E-state index in [1.807, 2.05) is 13.0 Å². The predicted molar refractivity (Wildman–Crippen MR) is 62.9 cm³/mol. The lowest BCUT2D eigenvalue weighted by Crippen LogP contribution is -2.10. The van der Waals surface area contributed by atoms with Crippen molar-refractivity contribution in [3.8, 4) is 0 Å². The van der Waals surface area contributed by atoms with E-state index in [2.05, 4.69) is 36.2 Å². The van der Waals surface area contributed by atoms with Crippen LogP contribution >= 0.6 is 0 Å². The minimum absolute atomic E-state index is 0.264. The van der Waals surface area contributed by atoms with Gasteiger partial charge in [0.05, 0.1) is 6.04 Å². The fourth-order valence-electron chi connectivity index (χ4n) is 1.21.